The van der Waals surface area contributed by atoms with Crippen molar-refractivity contribution in [2.75, 3.05) is 26.7 Å². The first kappa shape index (κ1) is 17.7. The predicted molar refractivity (Wildman–Crippen MR) is 107 cm³/mol. The highest BCUT2D eigenvalue weighted by Gasteiger charge is 2.34. The van der Waals surface area contributed by atoms with E-state index in [0.29, 0.717) is 22.2 Å². The molecule has 26 heavy (non-hydrogen) atoms. The molecule has 0 unspecified atom stereocenters. The molecule has 2 aliphatic heterocycles. The van der Waals surface area contributed by atoms with Gasteiger partial charge in [-0.3, -0.25) is 9.59 Å². The summed E-state index contributed by atoms with van der Waals surface area (Å²) >= 11 is 1.07. The summed E-state index contributed by atoms with van der Waals surface area (Å²) in [6, 6.07) is 10.00. The summed E-state index contributed by atoms with van der Waals surface area (Å²) in [4.78, 5) is 30.3. The zero-order chi connectivity index (χ0) is 18.1. The molecule has 1 aromatic heterocycles. The average molecular weight is 371 g/mol. The Morgan fingerprint density at radius 1 is 1.19 bits per heavy atom. The summed E-state index contributed by atoms with van der Waals surface area (Å²) < 4.78 is -0.0315. The van der Waals surface area contributed by atoms with E-state index < -0.39 is 0 Å². The summed E-state index contributed by atoms with van der Waals surface area (Å²) in [5.74, 6) is 0.529. The highest BCUT2D eigenvalue weighted by Crippen LogP contribution is 2.31. The molecular weight excluding hydrogens is 344 g/mol. The number of carbonyl (C=O) groups is 1. The van der Waals surface area contributed by atoms with E-state index in [1.807, 2.05) is 42.3 Å². The normalized spacial score (nSPS) is 23.6. The highest BCUT2D eigenvalue weighted by atomic mass is 32.1. The molecule has 0 bridgehead atoms. The van der Waals surface area contributed by atoms with E-state index in [0.717, 1.165) is 23.3 Å². The van der Waals surface area contributed by atoms with Crippen molar-refractivity contribution in [2.45, 2.75) is 38.1 Å². The Balaban J connectivity index is 1.52. The maximum atomic E-state index is 13.0. The van der Waals surface area contributed by atoms with Gasteiger partial charge in [-0.2, -0.15) is 0 Å². The predicted octanol–water partition coefficient (Wildman–Crippen LogP) is 3.60. The molecule has 0 spiro atoms. The highest BCUT2D eigenvalue weighted by molar-refractivity contribution is 7.12. The molecule has 4 rings (SSSR count). The zero-order valence-corrected chi connectivity index (χ0v) is 16.1. The number of nitrogens with zero attached hydrogens (tertiary/aromatic N) is 2. The second-order valence-electron chi connectivity index (χ2n) is 7.67. The van der Waals surface area contributed by atoms with Crippen LogP contribution in [0.5, 0.6) is 0 Å². The Kier molecular flexibility index (Phi) is 5.09. The van der Waals surface area contributed by atoms with Crippen molar-refractivity contribution in [3.63, 3.8) is 0 Å². The van der Waals surface area contributed by atoms with Crippen molar-refractivity contribution in [3.8, 4) is 0 Å². The van der Waals surface area contributed by atoms with Gasteiger partial charge in [-0.25, -0.2) is 0 Å². The van der Waals surface area contributed by atoms with Crippen LogP contribution in [0.1, 0.15) is 41.8 Å². The van der Waals surface area contributed by atoms with Gasteiger partial charge in [0.1, 0.15) is 0 Å². The Labute approximate surface area is 158 Å². The molecule has 2 fully saturated rings. The molecule has 0 N–H and O–H groups in total. The molecule has 1 aromatic carbocycles. The fraction of sp³-hybridized carbons (Fsp3) is 0.524. The van der Waals surface area contributed by atoms with E-state index >= 15 is 0 Å². The van der Waals surface area contributed by atoms with Crippen LogP contribution in [0.4, 0.5) is 0 Å². The van der Waals surface area contributed by atoms with Crippen LogP contribution in [-0.4, -0.2) is 48.4 Å². The number of hydrogen-bond donors (Lipinski definition) is 0. The van der Waals surface area contributed by atoms with Crippen LogP contribution >= 0.6 is 11.3 Å². The molecule has 2 aromatic rings. The topological polar surface area (TPSA) is 40.6 Å². The van der Waals surface area contributed by atoms with Gasteiger partial charge >= 0.3 is 0 Å². The number of benzene rings is 1. The fourth-order valence-corrected chi connectivity index (χ4v) is 5.58. The Hall–Kier alpha value is -1.72. The van der Waals surface area contributed by atoms with Gasteiger partial charge in [-0.05, 0) is 62.2 Å². The Morgan fingerprint density at radius 2 is 2.00 bits per heavy atom. The minimum atomic E-state index is -0.0315. The third kappa shape index (κ3) is 3.42. The van der Waals surface area contributed by atoms with Gasteiger partial charge in [0.25, 0.3) is 5.91 Å². The van der Waals surface area contributed by atoms with Crippen LogP contribution in [0.3, 0.4) is 0 Å². The molecule has 3 heterocycles. The van der Waals surface area contributed by atoms with E-state index in [2.05, 4.69) is 4.90 Å². The van der Waals surface area contributed by atoms with Gasteiger partial charge in [0, 0.05) is 25.0 Å². The van der Waals surface area contributed by atoms with Crippen molar-refractivity contribution in [1.29, 1.82) is 0 Å². The van der Waals surface area contributed by atoms with Crippen LogP contribution in [0.25, 0.3) is 10.8 Å². The second-order valence-corrected chi connectivity index (χ2v) is 8.69. The molecule has 4 nitrogen and oxygen atoms in total. The van der Waals surface area contributed by atoms with Gasteiger partial charge in [0.15, 0.2) is 0 Å². The Morgan fingerprint density at radius 3 is 2.88 bits per heavy atom. The van der Waals surface area contributed by atoms with E-state index in [1.54, 1.807) is 0 Å². The van der Waals surface area contributed by atoms with E-state index in [9.17, 15) is 9.59 Å². The number of fused-ring (bicyclic) bond motifs is 2. The summed E-state index contributed by atoms with van der Waals surface area (Å²) in [5, 5.41) is 1.55. The quantitative estimate of drug-likeness (QED) is 0.829. The minimum Gasteiger partial charge on any atom is -0.341 e. The summed E-state index contributed by atoms with van der Waals surface area (Å²) in [5.41, 5.74) is 0. The summed E-state index contributed by atoms with van der Waals surface area (Å²) in [7, 11) is 1.89. The number of piperidine rings is 2. The van der Waals surface area contributed by atoms with Crippen molar-refractivity contribution in [2.24, 2.45) is 5.92 Å². The summed E-state index contributed by atoms with van der Waals surface area (Å²) in [6.45, 7) is 3.21. The Bertz CT molecular complexity index is 860. The van der Waals surface area contributed by atoms with Crippen LogP contribution in [0.2, 0.25) is 0 Å². The number of carbonyl (C=O) groups excluding carboxylic acids is 1. The first-order valence-electron chi connectivity index (χ1n) is 9.66. The van der Waals surface area contributed by atoms with E-state index in [-0.39, 0.29) is 10.6 Å². The SMILES string of the molecule is CN(C[C@@H]1CCCN2CCCC[C@H]12)C(=O)c1cc2ccccc2c(=O)s1. The zero-order valence-electron chi connectivity index (χ0n) is 15.3. The van der Waals surface area contributed by atoms with Crippen LogP contribution in [0.15, 0.2) is 35.1 Å². The van der Waals surface area contributed by atoms with Gasteiger partial charge in [0.05, 0.1) is 4.88 Å². The first-order chi connectivity index (χ1) is 12.6. The molecule has 2 aliphatic rings. The largest absolute Gasteiger partial charge is 0.341 e. The van der Waals surface area contributed by atoms with Gasteiger partial charge in [-0.15, -0.1) is 0 Å². The maximum absolute atomic E-state index is 13.0. The van der Waals surface area contributed by atoms with Gasteiger partial charge in [-0.1, -0.05) is 36.0 Å². The van der Waals surface area contributed by atoms with Crippen LogP contribution in [0, 0.1) is 5.92 Å². The molecule has 5 heteroatoms. The lowest BCUT2D eigenvalue weighted by atomic mass is 9.83. The first-order valence-corrected chi connectivity index (χ1v) is 10.5. The maximum Gasteiger partial charge on any atom is 0.263 e. The second kappa shape index (κ2) is 7.49. The minimum absolute atomic E-state index is 0.0224. The molecule has 2 saturated heterocycles. The van der Waals surface area contributed by atoms with Gasteiger partial charge in [0.2, 0.25) is 4.74 Å². The van der Waals surface area contributed by atoms with Gasteiger partial charge < -0.3 is 9.80 Å². The van der Waals surface area contributed by atoms with E-state index in [4.69, 9.17) is 0 Å². The van der Waals surface area contributed by atoms with Crippen molar-refractivity contribution < 1.29 is 4.79 Å². The van der Waals surface area contributed by atoms with Crippen molar-refractivity contribution >= 4 is 28.0 Å². The molecule has 0 aliphatic carbocycles. The fourth-order valence-electron chi connectivity index (χ4n) is 4.65. The molecule has 1 amide bonds. The lowest BCUT2D eigenvalue weighted by molar-refractivity contribution is 0.0404. The monoisotopic (exact) mass is 370 g/mol. The molecule has 0 saturated carbocycles. The molecule has 2 atom stereocenters. The smallest absolute Gasteiger partial charge is 0.263 e. The van der Waals surface area contributed by atoms with Crippen LogP contribution in [-0.2, 0) is 0 Å². The number of amides is 1. The molecule has 138 valence electrons. The third-order valence-electron chi connectivity index (χ3n) is 5.96. The standard InChI is InChI=1S/C21H26N2O2S/c1-22(14-16-8-6-12-23-11-5-4-10-18(16)23)20(24)19-13-15-7-2-3-9-17(15)21(25)26-19/h2-3,7,9,13,16,18H,4-6,8,10-12,14H2,1H3/t16-,18+/m0/s1. The average Bonchev–Trinajstić information content (AvgIpc) is 2.67. The summed E-state index contributed by atoms with van der Waals surface area (Å²) in [6.07, 6.45) is 6.31. The molecule has 0 radical (unpaired) electrons. The number of rotatable bonds is 3. The molecular formula is C21H26N2O2S. The lowest BCUT2D eigenvalue weighted by Crippen LogP contribution is -2.51. The van der Waals surface area contributed by atoms with E-state index in [1.165, 1.54) is 45.2 Å². The number of hydrogen-bond acceptors (Lipinski definition) is 4. The third-order valence-corrected chi connectivity index (χ3v) is 6.88. The van der Waals surface area contributed by atoms with Crippen LogP contribution < -0.4 is 4.74 Å². The lowest BCUT2D eigenvalue weighted by Gasteiger charge is -2.45. The van der Waals surface area contributed by atoms with Crippen molar-refractivity contribution in [1.82, 2.24) is 9.80 Å². The van der Waals surface area contributed by atoms with Crippen molar-refractivity contribution in [3.05, 3.63) is 44.7 Å².